The van der Waals surface area contributed by atoms with Crippen LogP contribution in [0.25, 0.3) is 11.1 Å². The highest BCUT2D eigenvalue weighted by Gasteiger charge is 2.05. The molecule has 2 aromatic heterocycles. The van der Waals surface area contributed by atoms with E-state index in [1.807, 2.05) is 0 Å². The van der Waals surface area contributed by atoms with E-state index in [4.69, 9.17) is 34.8 Å². The summed E-state index contributed by atoms with van der Waals surface area (Å²) in [4.78, 5) is 7.84. The second-order valence-electron chi connectivity index (χ2n) is 2.88. The summed E-state index contributed by atoms with van der Waals surface area (Å²) >= 11 is 17.6. The Labute approximate surface area is 102 Å². The molecule has 76 valence electrons. The molecule has 2 aromatic rings. The van der Waals surface area contributed by atoms with Gasteiger partial charge in [-0.3, -0.25) is 4.98 Å². The first-order valence-corrected chi connectivity index (χ1v) is 5.22. The Kier molecular flexibility index (Phi) is 3.10. The summed E-state index contributed by atoms with van der Waals surface area (Å²) in [6.07, 6.45) is 4.73. The van der Waals surface area contributed by atoms with Crippen molar-refractivity contribution in [3.05, 3.63) is 45.9 Å². The lowest BCUT2D eigenvalue weighted by molar-refractivity contribution is 1.30. The average molecular weight is 260 g/mol. The van der Waals surface area contributed by atoms with Crippen molar-refractivity contribution in [3.63, 3.8) is 0 Å². The van der Waals surface area contributed by atoms with Gasteiger partial charge >= 0.3 is 0 Å². The Morgan fingerprint density at radius 2 is 1.73 bits per heavy atom. The number of halogens is 3. The molecule has 0 bridgehead atoms. The fourth-order valence-electron chi connectivity index (χ4n) is 1.19. The van der Waals surface area contributed by atoms with Gasteiger partial charge in [-0.05, 0) is 12.1 Å². The molecule has 2 heterocycles. The average Bonchev–Trinajstić information content (AvgIpc) is 2.22. The zero-order chi connectivity index (χ0) is 10.8. The van der Waals surface area contributed by atoms with Crippen molar-refractivity contribution in [2.24, 2.45) is 0 Å². The van der Waals surface area contributed by atoms with Gasteiger partial charge in [0.1, 0.15) is 5.15 Å². The largest absolute Gasteiger partial charge is 0.263 e. The normalized spacial score (nSPS) is 10.3. The third-order valence-corrected chi connectivity index (χ3v) is 2.55. The number of hydrogen-bond donors (Lipinski definition) is 0. The van der Waals surface area contributed by atoms with E-state index in [0.29, 0.717) is 15.2 Å². The van der Waals surface area contributed by atoms with Crippen molar-refractivity contribution in [3.8, 4) is 11.1 Å². The molecule has 15 heavy (non-hydrogen) atoms. The summed E-state index contributed by atoms with van der Waals surface area (Å²) in [5.41, 5.74) is 1.59. The van der Waals surface area contributed by atoms with E-state index in [-0.39, 0.29) is 0 Å². The molecule has 0 atom stereocenters. The van der Waals surface area contributed by atoms with E-state index < -0.39 is 0 Å². The van der Waals surface area contributed by atoms with Crippen molar-refractivity contribution in [2.75, 3.05) is 0 Å². The van der Waals surface area contributed by atoms with Crippen LogP contribution in [0.15, 0.2) is 30.7 Å². The highest BCUT2D eigenvalue weighted by Crippen LogP contribution is 2.29. The van der Waals surface area contributed by atoms with Gasteiger partial charge in [0, 0.05) is 29.7 Å². The van der Waals surface area contributed by atoms with Crippen LogP contribution in [-0.2, 0) is 0 Å². The first kappa shape index (κ1) is 10.7. The molecule has 0 unspecified atom stereocenters. The van der Waals surface area contributed by atoms with Crippen LogP contribution in [-0.4, -0.2) is 9.97 Å². The topological polar surface area (TPSA) is 25.8 Å². The maximum absolute atomic E-state index is 5.99. The highest BCUT2D eigenvalue weighted by atomic mass is 35.5. The van der Waals surface area contributed by atoms with Crippen LogP contribution < -0.4 is 0 Å². The molecule has 0 saturated heterocycles. The molecule has 0 radical (unpaired) electrons. The summed E-state index contributed by atoms with van der Waals surface area (Å²) in [5, 5.41) is 1.45. The van der Waals surface area contributed by atoms with Gasteiger partial charge < -0.3 is 0 Å². The Bertz CT molecular complexity index is 500. The van der Waals surface area contributed by atoms with E-state index in [1.54, 1.807) is 24.5 Å². The van der Waals surface area contributed by atoms with Gasteiger partial charge in [0.25, 0.3) is 0 Å². The molecule has 0 spiro atoms. The van der Waals surface area contributed by atoms with E-state index in [1.165, 1.54) is 6.20 Å². The highest BCUT2D eigenvalue weighted by molar-refractivity contribution is 6.35. The minimum atomic E-state index is 0.384. The minimum Gasteiger partial charge on any atom is -0.263 e. The third-order valence-electron chi connectivity index (χ3n) is 1.84. The number of nitrogens with zero attached hydrogens (tertiary/aromatic N) is 2. The molecule has 0 aromatic carbocycles. The zero-order valence-electron chi connectivity index (χ0n) is 7.42. The van der Waals surface area contributed by atoms with Crippen LogP contribution in [0.2, 0.25) is 15.2 Å². The molecule has 2 rings (SSSR count). The maximum atomic E-state index is 5.99. The number of aromatic nitrogens is 2. The second kappa shape index (κ2) is 4.35. The molecule has 0 fully saturated rings. The van der Waals surface area contributed by atoms with E-state index in [9.17, 15) is 0 Å². The predicted octanol–water partition coefficient (Wildman–Crippen LogP) is 4.10. The number of hydrogen-bond acceptors (Lipinski definition) is 2. The van der Waals surface area contributed by atoms with Crippen molar-refractivity contribution >= 4 is 34.8 Å². The Balaban J connectivity index is 2.58. The predicted molar refractivity (Wildman–Crippen MR) is 62.5 cm³/mol. The second-order valence-corrected chi connectivity index (χ2v) is 4.11. The summed E-state index contributed by atoms with van der Waals surface area (Å²) in [6, 6.07) is 3.45. The maximum Gasteiger partial charge on any atom is 0.129 e. The summed E-state index contributed by atoms with van der Waals surface area (Å²) in [7, 11) is 0. The van der Waals surface area contributed by atoms with Crippen molar-refractivity contribution in [1.82, 2.24) is 9.97 Å². The molecule has 5 heteroatoms. The van der Waals surface area contributed by atoms with Gasteiger partial charge in [0.05, 0.1) is 10.0 Å². The van der Waals surface area contributed by atoms with Crippen LogP contribution in [0.4, 0.5) is 0 Å². The van der Waals surface area contributed by atoms with Crippen LogP contribution in [0.1, 0.15) is 0 Å². The summed E-state index contributed by atoms with van der Waals surface area (Å²) < 4.78 is 0. The molecule has 0 saturated carbocycles. The molecule has 0 aliphatic heterocycles. The third kappa shape index (κ3) is 2.40. The van der Waals surface area contributed by atoms with Crippen LogP contribution in [0.5, 0.6) is 0 Å². The van der Waals surface area contributed by atoms with Gasteiger partial charge in [-0.1, -0.05) is 34.8 Å². The Morgan fingerprint density at radius 3 is 2.47 bits per heavy atom. The molecular formula is C10H5Cl3N2. The van der Waals surface area contributed by atoms with Gasteiger partial charge in [0.15, 0.2) is 0 Å². The number of pyridine rings is 2. The fraction of sp³-hybridized carbons (Fsp3) is 0. The first-order valence-electron chi connectivity index (χ1n) is 4.09. The monoisotopic (exact) mass is 258 g/mol. The standard InChI is InChI=1S/C10H5Cl3N2/c11-7-1-6(3-14-4-7)8-2-10(13)15-5-9(8)12/h1-5H. The minimum absolute atomic E-state index is 0.384. The van der Waals surface area contributed by atoms with Gasteiger partial charge in [-0.15, -0.1) is 0 Å². The SMILES string of the molecule is Clc1cncc(-c2cc(Cl)ncc2Cl)c1. The van der Waals surface area contributed by atoms with Gasteiger partial charge in [-0.2, -0.15) is 0 Å². The van der Waals surface area contributed by atoms with Crippen molar-refractivity contribution in [2.45, 2.75) is 0 Å². The summed E-state index contributed by atoms with van der Waals surface area (Å²) in [6.45, 7) is 0. The molecule has 0 amide bonds. The number of rotatable bonds is 1. The molecule has 2 nitrogen and oxygen atoms in total. The lowest BCUT2D eigenvalue weighted by atomic mass is 10.1. The van der Waals surface area contributed by atoms with Gasteiger partial charge in [-0.25, -0.2) is 4.98 Å². The first-order chi connectivity index (χ1) is 7.16. The molecular weight excluding hydrogens is 254 g/mol. The fourth-order valence-corrected chi connectivity index (χ4v) is 1.74. The van der Waals surface area contributed by atoms with Crippen molar-refractivity contribution < 1.29 is 0 Å². The van der Waals surface area contributed by atoms with Crippen LogP contribution in [0.3, 0.4) is 0 Å². The molecule has 0 N–H and O–H groups in total. The smallest absolute Gasteiger partial charge is 0.129 e. The molecule has 0 aliphatic rings. The van der Waals surface area contributed by atoms with Crippen LogP contribution >= 0.6 is 34.8 Å². The Morgan fingerprint density at radius 1 is 0.933 bits per heavy atom. The van der Waals surface area contributed by atoms with Gasteiger partial charge in [0.2, 0.25) is 0 Å². The van der Waals surface area contributed by atoms with Crippen LogP contribution in [0, 0.1) is 0 Å². The quantitative estimate of drug-likeness (QED) is 0.721. The Hall–Kier alpha value is -0.830. The van der Waals surface area contributed by atoms with E-state index >= 15 is 0 Å². The lowest BCUT2D eigenvalue weighted by Gasteiger charge is -2.04. The molecule has 0 aliphatic carbocycles. The lowest BCUT2D eigenvalue weighted by Crippen LogP contribution is -1.84. The van der Waals surface area contributed by atoms with E-state index in [0.717, 1.165) is 11.1 Å². The van der Waals surface area contributed by atoms with E-state index in [2.05, 4.69) is 9.97 Å². The van der Waals surface area contributed by atoms with Crippen molar-refractivity contribution in [1.29, 1.82) is 0 Å². The summed E-state index contributed by atoms with van der Waals surface area (Å²) in [5.74, 6) is 0. The zero-order valence-corrected chi connectivity index (χ0v) is 9.68.